The summed E-state index contributed by atoms with van der Waals surface area (Å²) in [5.41, 5.74) is 0.587. The van der Waals surface area contributed by atoms with Gasteiger partial charge in [-0.1, -0.05) is 41.4 Å². The summed E-state index contributed by atoms with van der Waals surface area (Å²) in [6, 6.07) is 5.04. The van der Waals surface area contributed by atoms with Gasteiger partial charge in [0.1, 0.15) is 0 Å². The van der Waals surface area contributed by atoms with Gasteiger partial charge in [0, 0.05) is 24.2 Å². The minimum absolute atomic E-state index is 0.266. The second-order valence-corrected chi connectivity index (χ2v) is 6.15. The molecule has 0 aliphatic carbocycles. The summed E-state index contributed by atoms with van der Waals surface area (Å²) < 4.78 is 6.30. The van der Waals surface area contributed by atoms with Gasteiger partial charge in [0.2, 0.25) is 0 Å². The average Bonchev–Trinajstić information content (AvgIpc) is 2.36. The molecule has 1 aromatic rings. The van der Waals surface area contributed by atoms with Gasteiger partial charge in [-0.15, -0.1) is 0 Å². The maximum absolute atomic E-state index is 11.7. The summed E-state index contributed by atoms with van der Waals surface area (Å²) in [5.74, 6) is 0.533. The molecule has 0 aliphatic rings. The van der Waals surface area contributed by atoms with Crippen LogP contribution in [0, 0.1) is 5.92 Å². The molecule has 0 atom stereocenters. The van der Waals surface area contributed by atoms with Gasteiger partial charge in [-0.25, -0.2) is 4.79 Å². The van der Waals surface area contributed by atoms with Crippen molar-refractivity contribution in [2.45, 2.75) is 20.3 Å². The van der Waals surface area contributed by atoms with Crippen molar-refractivity contribution in [2.24, 2.45) is 5.92 Å². The minimum atomic E-state index is -0.266. The zero-order valence-corrected chi connectivity index (χ0v) is 14.1. The minimum Gasteiger partial charge on any atom is -0.381 e. The van der Waals surface area contributed by atoms with Gasteiger partial charge < -0.3 is 15.4 Å². The number of urea groups is 1. The second-order valence-electron chi connectivity index (χ2n) is 4.83. The molecule has 0 unspecified atom stereocenters. The van der Waals surface area contributed by atoms with E-state index in [-0.39, 0.29) is 6.03 Å². The van der Waals surface area contributed by atoms with Crippen LogP contribution >= 0.6 is 27.5 Å². The van der Waals surface area contributed by atoms with Crippen molar-refractivity contribution in [1.29, 1.82) is 0 Å². The van der Waals surface area contributed by atoms with Crippen LogP contribution in [-0.4, -0.2) is 25.8 Å². The number of nitrogens with one attached hydrogen (secondary N) is 2. The van der Waals surface area contributed by atoms with Crippen LogP contribution in [0.5, 0.6) is 0 Å². The molecule has 0 saturated carbocycles. The monoisotopic (exact) mass is 362 g/mol. The van der Waals surface area contributed by atoms with Gasteiger partial charge in [0.25, 0.3) is 0 Å². The fraction of sp³-hybridized carbons (Fsp3) is 0.500. The predicted octanol–water partition coefficient (Wildman–Crippen LogP) is 4.29. The number of hydrogen-bond donors (Lipinski definition) is 2. The zero-order valence-electron chi connectivity index (χ0n) is 11.7. The highest BCUT2D eigenvalue weighted by Gasteiger charge is 2.05. The van der Waals surface area contributed by atoms with Crippen LogP contribution in [-0.2, 0) is 4.74 Å². The Hall–Kier alpha value is -0.780. The standard InChI is InChI=1S/C14H20BrClN2O2/c1-10(2)9-20-7-3-6-17-14(19)18-13-5-4-11(15)8-12(13)16/h4-5,8,10H,3,6-7,9H2,1-2H3,(H2,17,18,19). The van der Waals surface area contributed by atoms with E-state index >= 15 is 0 Å². The summed E-state index contributed by atoms with van der Waals surface area (Å²) in [6.07, 6.45) is 0.786. The third kappa shape index (κ3) is 7.12. The fourth-order valence-corrected chi connectivity index (χ4v) is 2.17. The number of ether oxygens (including phenoxy) is 1. The average molecular weight is 364 g/mol. The van der Waals surface area contributed by atoms with Crippen molar-refractivity contribution in [3.63, 3.8) is 0 Å². The Labute approximate surface area is 133 Å². The predicted molar refractivity (Wildman–Crippen MR) is 86.4 cm³/mol. The maximum atomic E-state index is 11.7. The largest absolute Gasteiger partial charge is 0.381 e. The molecule has 0 radical (unpaired) electrons. The number of carbonyl (C=O) groups excluding carboxylic acids is 1. The normalized spacial score (nSPS) is 10.7. The number of amides is 2. The molecule has 0 spiro atoms. The summed E-state index contributed by atoms with van der Waals surface area (Å²) in [6.45, 7) is 6.18. The Kier molecular flexibility index (Phi) is 7.95. The van der Waals surface area contributed by atoms with Crippen LogP contribution in [0.15, 0.2) is 22.7 Å². The molecule has 0 aliphatic heterocycles. The molecule has 2 N–H and O–H groups in total. The molecule has 20 heavy (non-hydrogen) atoms. The molecular weight excluding hydrogens is 344 g/mol. The molecule has 0 heterocycles. The zero-order chi connectivity index (χ0) is 15.0. The van der Waals surface area contributed by atoms with Gasteiger partial charge in [0.15, 0.2) is 0 Å². The van der Waals surface area contributed by atoms with Gasteiger partial charge in [-0.3, -0.25) is 0 Å². The highest BCUT2D eigenvalue weighted by atomic mass is 79.9. The SMILES string of the molecule is CC(C)COCCCNC(=O)Nc1ccc(Br)cc1Cl. The second kappa shape index (κ2) is 9.21. The summed E-state index contributed by atoms with van der Waals surface area (Å²) in [4.78, 5) is 11.7. The molecule has 6 heteroatoms. The summed E-state index contributed by atoms with van der Waals surface area (Å²) in [5, 5.41) is 5.96. The number of rotatable bonds is 7. The maximum Gasteiger partial charge on any atom is 0.319 e. The van der Waals surface area contributed by atoms with E-state index in [2.05, 4.69) is 40.4 Å². The lowest BCUT2D eigenvalue weighted by atomic mass is 10.2. The summed E-state index contributed by atoms with van der Waals surface area (Å²) >= 11 is 9.33. The number of carbonyl (C=O) groups is 1. The fourth-order valence-electron chi connectivity index (χ4n) is 1.45. The molecule has 0 bridgehead atoms. The van der Waals surface area contributed by atoms with Crippen molar-refractivity contribution in [2.75, 3.05) is 25.1 Å². The molecular formula is C14H20BrClN2O2. The molecule has 1 aromatic carbocycles. The molecule has 0 aromatic heterocycles. The lowest BCUT2D eigenvalue weighted by Gasteiger charge is -2.10. The Bertz CT molecular complexity index is 441. The Morgan fingerprint density at radius 1 is 1.45 bits per heavy atom. The van der Waals surface area contributed by atoms with Crippen LogP contribution in [0.25, 0.3) is 0 Å². The van der Waals surface area contributed by atoms with Gasteiger partial charge in [-0.05, 0) is 30.5 Å². The van der Waals surface area contributed by atoms with E-state index in [1.54, 1.807) is 12.1 Å². The molecule has 0 fully saturated rings. The number of halogens is 2. The van der Waals surface area contributed by atoms with Crippen molar-refractivity contribution < 1.29 is 9.53 Å². The smallest absolute Gasteiger partial charge is 0.319 e. The highest BCUT2D eigenvalue weighted by Crippen LogP contribution is 2.25. The van der Waals surface area contributed by atoms with E-state index in [4.69, 9.17) is 16.3 Å². The van der Waals surface area contributed by atoms with Gasteiger partial charge in [-0.2, -0.15) is 0 Å². The van der Waals surface area contributed by atoms with Crippen LogP contribution in [0.3, 0.4) is 0 Å². The van der Waals surface area contributed by atoms with E-state index < -0.39 is 0 Å². The number of hydrogen-bond acceptors (Lipinski definition) is 2. The lowest BCUT2D eigenvalue weighted by molar-refractivity contribution is 0.108. The molecule has 2 amide bonds. The van der Waals surface area contributed by atoms with E-state index in [1.165, 1.54) is 0 Å². The Morgan fingerprint density at radius 2 is 2.20 bits per heavy atom. The van der Waals surface area contributed by atoms with Crippen LogP contribution in [0.1, 0.15) is 20.3 Å². The van der Waals surface area contributed by atoms with Crippen molar-refractivity contribution in [3.05, 3.63) is 27.7 Å². The lowest BCUT2D eigenvalue weighted by Crippen LogP contribution is -2.30. The first-order chi connectivity index (χ1) is 9.49. The van der Waals surface area contributed by atoms with Crippen molar-refractivity contribution in [1.82, 2.24) is 5.32 Å². The van der Waals surface area contributed by atoms with Crippen molar-refractivity contribution in [3.8, 4) is 0 Å². The van der Waals surface area contributed by atoms with Gasteiger partial charge >= 0.3 is 6.03 Å². The molecule has 112 valence electrons. The first kappa shape index (κ1) is 17.3. The van der Waals surface area contributed by atoms with E-state index in [9.17, 15) is 4.79 Å². The van der Waals surface area contributed by atoms with Crippen LogP contribution < -0.4 is 10.6 Å². The topological polar surface area (TPSA) is 50.4 Å². The summed E-state index contributed by atoms with van der Waals surface area (Å²) in [7, 11) is 0. The number of benzene rings is 1. The highest BCUT2D eigenvalue weighted by molar-refractivity contribution is 9.10. The third-order valence-electron chi connectivity index (χ3n) is 2.38. The first-order valence-corrected chi connectivity index (χ1v) is 7.73. The molecule has 1 rings (SSSR count). The third-order valence-corrected chi connectivity index (χ3v) is 3.19. The van der Waals surface area contributed by atoms with Gasteiger partial charge in [0.05, 0.1) is 10.7 Å². The van der Waals surface area contributed by atoms with Crippen LogP contribution in [0.2, 0.25) is 5.02 Å². The van der Waals surface area contributed by atoms with E-state index in [1.807, 2.05) is 6.07 Å². The van der Waals surface area contributed by atoms with E-state index in [0.29, 0.717) is 29.8 Å². The molecule has 0 saturated heterocycles. The molecule has 4 nitrogen and oxygen atoms in total. The Balaban J connectivity index is 2.20. The number of anilines is 1. The quantitative estimate of drug-likeness (QED) is 0.710. The van der Waals surface area contributed by atoms with E-state index in [0.717, 1.165) is 17.5 Å². The Morgan fingerprint density at radius 3 is 2.85 bits per heavy atom. The van der Waals surface area contributed by atoms with Crippen molar-refractivity contribution >= 4 is 39.2 Å². The van der Waals surface area contributed by atoms with Crippen LogP contribution in [0.4, 0.5) is 10.5 Å². The first-order valence-electron chi connectivity index (χ1n) is 6.56.